The number of ketones is 3. The van der Waals surface area contributed by atoms with Gasteiger partial charge in [0.05, 0.1) is 81.1 Å². The minimum atomic E-state index is -3.99. The van der Waals surface area contributed by atoms with E-state index in [1.807, 2.05) is 9.97 Å². The highest BCUT2D eigenvalue weighted by molar-refractivity contribution is 6.07. The van der Waals surface area contributed by atoms with Crippen LogP contribution in [0.5, 0.6) is 0 Å². The van der Waals surface area contributed by atoms with E-state index in [1.165, 1.54) is 13.8 Å². The third-order valence-electron chi connectivity index (χ3n) is 18.7. The van der Waals surface area contributed by atoms with E-state index < -0.39 is 223 Å². The molecule has 0 aliphatic carbocycles. The van der Waals surface area contributed by atoms with Gasteiger partial charge in [-0.2, -0.15) is 8.78 Å². The molecule has 2 aromatic heterocycles. The molecular formula is C64H93F12N7O20. The lowest BCUT2D eigenvalue weighted by Crippen LogP contribution is -2.52. The molecule has 7 N–H and O–H groups in total. The Morgan fingerprint density at radius 3 is 1.04 bits per heavy atom. The fourth-order valence-electron chi connectivity index (χ4n) is 11.8. The number of carbonyl (C=O) groups excluding carboxylic acids is 6. The van der Waals surface area contributed by atoms with Gasteiger partial charge in [0, 0.05) is 43.1 Å². The molecule has 8 aliphatic rings. The van der Waals surface area contributed by atoms with Gasteiger partial charge in [-0.3, -0.25) is 72.2 Å². The van der Waals surface area contributed by atoms with Crippen LogP contribution in [-0.4, -0.2) is 217 Å². The number of hydrogen-bond donors (Lipinski definition) is 7. The van der Waals surface area contributed by atoms with Crippen LogP contribution in [0.4, 0.5) is 52.7 Å². The number of H-pyrrole nitrogens is 2. The number of alkyl halides is 12. The first kappa shape index (κ1) is 93.8. The molecule has 0 radical (unpaired) electrons. The van der Waals surface area contributed by atoms with Crippen molar-refractivity contribution in [2.45, 2.75) is 219 Å². The molecule has 103 heavy (non-hydrogen) atoms. The molecule has 10 heterocycles. The summed E-state index contributed by atoms with van der Waals surface area (Å²) in [6.45, 7) is 3.75. The number of allylic oxidation sites excluding steroid dienone is 3. The molecular weight excluding hydrogens is 1410 g/mol. The summed E-state index contributed by atoms with van der Waals surface area (Å²) in [4.78, 5) is 119. The standard InChI is InChI=1S/C14H19F2NO3.C12H14F3NO4.C11H12F3NO5.C11H14F2N2O5.C11H14F2N2O3.5CH4/c1-4-13(5-2)9(3)14(15,16)12(20-13)17-7-6-10(18)8-11(17)19;1-7-11(5-13,6-17)20-10(12(7,14)15)16-3-2-8(18)4-9(16)19;12-4-10(5-16)8(19)11(13,14)9(20-10)15-2-1-6(17)3-7(15)18;1-6-10(4-16,5-17)20-8(11(6,12)13)15-3-2-7(18)14-9(15)19;1-3-7-6(2)11(12,13)9(18-7)15-5-4-8(16)14-10(15)17;;;;;/h6-7,9,12H,4-5,8H2,1-3H3;2-3,7,10,17H,4-6H2,1H3;1-2,8-9,16,19H,3-5H2;2-3,6,8,16-17H,4-5H2,1H3,(H,14,18,19);4-7,9H,3H2,1-2H3,(H,14,16,17);5*1H4/t9-,12-;7-,10-,11-;8-,9-,10-;6-,8-;6-,7-,9-;;;;;/m11111...../s1. The number of aliphatic hydroxyl groups excluding tert-OH is 5. The largest absolute Gasteiger partial charge is 0.393 e. The van der Waals surface area contributed by atoms with E-state index in [2.05, 4.69) is 0 Å². The van der Waals surface area contributed by atoms with Crippen LogP contribution in [0.25, 0.3) is 0 Å². The number of aromatic nitrogens is 4. The summed E-state index contributed by atoms with van der Waals surface area (Å²) in [6.07, 6.45) is -5.29. The van der Waals surface area contributed by atoms with Gasteiger partial charge in [-0.1, -0.05) is 85.6 Å². The van der Waals surface area contributed by atoms with Crippen LogP contribution in [-0.2, 0) is 52.5 Å². The Hall–Kier alpha value is -7.24. The minimum absolute atomic E-state index is 0. The van der Waals surface area contributed by atoms with Crippen LogP contribution in [0.15, 0.2) is 80.5 Å². The van der Waals surface area contributed by atoms with Gasteiger partial charge in [0.25, 0.3) is 34.8 Å². The first-order valence-corrected chi connectivity index (χ1v) is 30.2. The number of amides is 3. The molecule has 0 spiro atoms. The highest BCUT2D eigenvalue weighted by Crippen LogP contribution is 2.54. The highest BCUT2D eigenvalue weighted by Gasteiger charge is 2.70. The Balaban J connectivity index is 0.000000636. The number of ether oxygens (including phenoxy) is 5. The zero-order chi connectivity index (χ0) is 74.0. The van der Waals surface area contributed by atoms with Crippen molar-refractivity contribution < 1.29 is 131 Å². The Labute approximate surface area is 584 Å². The van der Waals surface area contributed by atoms with E-state index in [0.717, 1.165) is 84.7 Å². The van der Waals surface area contributed by atoms with Crippen molar-refractivity contribution in [3.63, 3.8) is 0 Å². The van der Waals surface area contributed by atoms with Crippen LogP contribution in [0.1, 0.15) is 137 Å². The lowest BCUT2D eigenvalue weighted by Gasteiger charge is -2.32. The Morgan fingerprint density at radius 2 is 0.757 bits per heavy atom. The number of hydrogen-bond acceptors (Lipinski definition) is 20. The van der Waals surface area contributed by atoms with Crippen molar-refractivity contribution >= 4 is 35.1 Å². The summed E-state index contributed by atoms with van der Waals surface area (Å²) in [7, 11) is 0. The molecule has 8 aliphatic heterocycles. The molecule has 10 rings (SSSR count). The highest BCUT2D eigenvalue weighted by atomic mass is 19.3. The number of carbonyl (C=O) groups is 6. The first-order valence-electron chi connectivity index (χ1n) is 30.2. The normalized spacial score (nSPS) is 31.2. The van der Waals surface area contributed by atoms with Crippen LogP contribution in [0, 0.1) is 23.7 Å². The van der Waals surface area contributed by atoms with E-state index in [0.29, 0.717) is 33.6 Å². The number of aromatic amines is 2. The van der Waals surface area contributed by atoms with Gasteiger partial charge in [0.1, 0.15) is 24.6 Å². The molecule has 588 valence electrons. The van der Waals surface area contributed by atoms with Crippen LogP contribution in [0.2, 0.25) is 0 Å². The molecule has 5 fully saturated rings. The Morgan fingerprint density at radius 1 is 0.447 bits per heavy atom. The zero-order valence-corrected chi connectivity index (χ0v) is 53.2. The first-order chi connectivity index (χ1) is 45.5. The van der Waals surface area contributed by atoms with Crippen molar-refractivity contribution in [1.82, 2.24) is 33.8 Å². The molecule has 0 aromatic carbocycles. The lowest BCUT2D eigenvalue weighted by atomic mass is 9.82. The SMILES string of the molecule is C.C.C.C.C.CCC1(CC)O[C@@H](N2C=CC(=O)CC2=O)C(F)(F)[C@@H]1C.CC[C@H]1O[C@@H](n2ccc(=O)[nH]c2=O)C(F)(F)[C@@H]1C.C[C@@H]1C(CO)(CO)O[C@@H](n2ccc(=O)[nH]c2=O)C1(F)F.C[C@H]1C(F)(F)[C@H](N2C=CC(=O)CC2=O)O[C@@]1(CO)CF.O=C1C=CN([C@@H]2O[C@@](CO)(CF)[C@@H](O)C2(F)F)C(=O)C1. The third kappa shape index (κ3) is 17.5. The molecule has 5 saturated heterocycles. The molecule has 0 saturated carbocycles. The zero-order valence-electron chi connectivity index (χ0n) is 53.2. The van der Waals surface area contributed by atoms with Crippen LogP contribution < -0.4 is 22.5 Å². The number of nitrogens with one attached hydrogen (secondary N) is 2. The van der Waals surface area contributed by atoms with Crippen molar-refractivity contribution in [1.29, 1.82) is 0 Å². The topological polar surface area (TPSA) is 369 Å². The summed E-state index contributed by atoms with van der Waals surface area (Å²) in [5, 5.41) is 46.1. The minimum Gasteiger partial charge on any atom is -0.393 e. The quantitative estimate of drug-likeness (QED) is 0.0864. The van der Waals surface area contributed by atoms with Gasteiger partial charge in [-0.05, 0) is 37.5 Å². The predicted octanol–water partition coefficient (Wildman–Crippen LogP) is 5.83. The van der Waals surface area contributed by atoms with E-state index in [-0.39, 0.29) is 49.3 Å². The molecule has 39 heteroatoms. The molecule has 0 bridgehead atoms. The summed E-state index contributed by atoms with van der Waals surface area (Å²) < 4.78 is 195. The summed E-state index contributed by atoms with van der Waals surface area (Å²) >= 11 is 0. The van der Waals surface area contributed by atoms with Crippen molar-refractivity contribution in [2.24, 2.45) is 23.7 Å². The van der Waals surface area contributed by atoms with Gasteiger partial charge in [0.2, 0.25) is 48.9 Å². The van der Waals surface area contributed by atoms with Crippen LogP contribution in [0.3, 0.4) is 0 Å². The monoisotopic (exact) mass is 1510 g/mol. The van der Waals surface area contributed by atoms with Gasteiger partial charge >= 0.3 is 17.3 Å². The maximum absolute atomic E-state index is 14.5. The van der Waals surface area contributed by atoms with E-state index in [9.17, 15) is 116 Å². The smallest absolute Gasteiger partial charge is 0.330 e. The maximum atomic E-state index is 14.5. The molecule has 13 atom stereocenters. The van der Waals surface area contributed by atoms with Crippen LogP contribution >= 0.6 is 0 Å². The van der Waals surface area contributed by atoms with E-state index in [4.69, 9.17) is 33.9 Å². The van der Waals surface area contributed by atoms with Crippen molar-refractivity contribution in [3.8, 4) is 0 Å². The average molecular weight is 1510 g/mol. The number of halogens is 12. The summed E-state index contributed by atoms with van der Waals surface area (Å²) in [5.41, 5.74) is -10.6. The van der Waals surface area contributed by atoms with Gasteiger partial charge in [-0.25, -0.2) is 53.5 Å². The second kappa shape index (κ2) is 35.2. The fraction of sp³-hybridized carbons (Fsp3) is 0.688. The maximum Gasteiger partial charge on any atom is 0.330 e. The Kier molecular flexibility index (Phi) is 32.1. The number of aliphatic hydroxyl groups is 5. The van der Waals surface area contributed by atoms with Gasteiger partial charge in [0.15, 0.2) is 29.1 Å². The lowest BCUT2D eigenvalue weighted by molar-refractivity contribution is -0.179. The number of nitrogens with zero attached hydrogens (tertiary/aromatic N) is 5. The Bertz CT molecular complexity index is 3410. The fourth-order valence-corrected chi connectivity index (χ4v) is 11.8. The second-order valence-corrected chi connectivity index (χ2v) is 24.2. The third-order valence-corrected chi connectivity index (χ3v) is 18.7. The average Bonchev–Trinajstić information content (AvgIpc) is 1.61. The van der Waals surface area contributed by atoms with Crippen molar-refractivity contribution in [2.75, 3.05) is 39.8 Å². The molecule has 2 aromatic rings. The van der Waals surface area contributed by atoms with Gasteiger partial charge in [-0.15, -0.1) is 0 Å². The van der Waals surface area contributed by atoms with Crippen molar-refractivity contribution in [3.05, 3.63) is 103 Å². The van der Waals surface area contributed by atoms with E-state index >= 15 is 0 Å². The molecule has 27 nitrogen and oxygen atoms in total. The summed E-state index contributed by atoms with van der Waals surface area (Å²) in [5.74, 6) is -26.3. The second-order valence-electron chi connectivity index (χ2n) is 24.2. The summed E-state index contributed by atoms with van der Waals surface area (Å²) in [6, 6.07) is 1.92. The predicted molar refractivity (Wildman–Crippen MR) is 341 cm³/mol. The van der Waals surface area contributed by atoms with Gasteiger partial charge < -0.3 is 49.2 Å². The molecule has 0 unspecified atom stereocenters. The molecule has 3 amide bonds. The van der Waals surface area contributed by atoms with E-state index in [1.54, 1.807) is 20.8 Å². The number of rotatable bonds is 14.